The van der Waals surface area contributed by atoms with E-state index in [0.717, 1.165) is 17.2 Å². The fourth-order valence-corrected chi connectivity index (χ4v) is 2.64. The molecule has 0 aromatic heterocycles. The molecular formula is C12H16N2OS. The summed E-state index contributed by atoms with van der Waals surface area (Å²) in [5.41, 5.74) is 1.14. The van der Waals surface area contributed by atoms with Crippen LogP contribution in [-0.4, -0.2) is 23.6 Å². The molecule has 1 aliphatic heterocycles. The molecule has 1 saturated heterocycles. The van der Waals surface area contributed by atoms with Crippen LogP contribution in [0.5, 0.6) is 0 Å². The molecule has 1 unspecified atom stereocenters. The van der Waals surface area contributed by atoms with E-state index in [0.29, 0.717) is 0 Å². The highest BCUT2D eigenvalue weighted by Crippen LogP contribution is 2.14. The molecular weight excluding hydrogens is 220 g/mol. The summed E-state index contributed by atoms with van der Waals surface area (Å²) in [4.78, 5) is 11.8. The Bertz CT molecular complexity index is 349. The summed E-state index contributed by atoms with van der Waals surface area (Å²) in [6.07, 6.45) is 0. The van der Waals surface area contributed by atoms with Crippen LogP contribution in [0.1, 0.15) is 18.5 Å². The van der Waals surface area contributed by atoms with Crippen LogP contribution in [0, 0.1) is 0 Å². The van der Waals surface area contributed by atoms with Crippen molar-refractivity contribution in [2.45, 2.75) is 19.0 Å². The lowest BCUT2D eigenvalue weighted by Gasteiger charge is -2.17. The molecule has 1 aliphatic rings. The molecule has 4 heteroatoms. The second-order valence-electron chi connectivity index (χ2n) is 3.91. The second-order valence-corrected chi connectivity index (χ2v) is 4.94. The minimum atomic E-state index is -0.0313. The third-order valence-electron chi connectivity index (χ3n) is 2.69. The van der Waals surface area contributed by atoms with Crippen LogP contribution in [0.15, 0.2) is 30.3 Å². The topological polar surface area (TPSA) is 41.1 Å². The van der Waals surface area contributed by atoms with Gasteiger partial charge in [-0.1, -0.05) is 30.3 Å². The highest BCUT2D eigenvalue weighted by atomic mass is 32.2. The summed E-state index contributed by atoms with van der Waals surface area (Å²) in [5, 5.41) is 6.19. The van der Waals surface area contributed by atoms with Gasteiger partial charge in [-0.05, 0) is 12.5 Å². The molecule has 86 valence electrons. The van der Waals surface area contributed by atoms with Crippen molar-refractivity contribution in [1.82, 2.24) is 10.6 Å². The number of carbonyl (C=O) groups is 1. The van der Waals surface area contributed by atoms with Crippen LogP contribution in [-0.2, 0) is 4.79 Å². The van der Waals surface area contributed by atoms with E-state index in [4.69, 9.17) is 0 Å². The van der Waals surface area contributed by atoms with Gasteiger partial charge < -0.3 is 5.32 Å². The smallest absolute Gasteiger partial charge is 0.238 e. The zero-order valence-corrected chi connectivity index (χ0v) is 10.1. The number of thioether (sulfide) groups is 1. The zero-order chi connectivity index (χ0) is 11.4. The van der Waals surface area contributed by atoms with Crippen molar-refractivity contribution < 1.29 is 4.79 Å². The third-order valence-corrected chi connectivity index (χ3v) is 3.63. The molecule has 2 atom stereocenters. The highest BCUT2D eigenvalue weighted by Gasteiger charge is 2.23. The number of carbonyl (C=O) groups excluding carboxylic acids is 1. The van der Waals surface area contributed by atoms with Gasteiger partial charge in [-0.15, -0.1) is 11.8 Å². The number of benzene rings is 1. The van der Waals surface area contributed by atoms with Crippen LogP contribution in [0.3, 0.4) is 0 Å². The SMILES string of the molecule is C[C@H](NC(=O)C1CSCN1)c1ccccc1. The van der Waals surface area contributed by atoms with E-state index in [1.807, 2.05) is 37.3 Å². The summed E-state index contributed by atoms with van der Waals surface area (Å²) < 4.78 is 0. The monoisotopic (exact) mass is 236 g/mol. The normalized spacial score (nSPS) is 21.7. The van der Waals surface area contributed by atoms with Gasteiger partial charge in [0.25, 0.3) is 0 Å². The van der Waals surface area contributed by atoms with E-state index in [9.17, 15) is 4.79 Å². The number of hydrogen-bond acceptors (Lipinski definition) is 3. The summed E-state index contributed by atoms with van der Waals surface area (Å²) in [6, 6.07) is 10.1. The first-order chi connectivity index (χ1) is 7.77. The number of nitrogens with one attached hydrogen (secondary N) is 2. The first-order valence-corrected chi connectivity index (χ1v) is 6.59. The Morgan fingerprint density at radius 1 is 1.50 bits per heavy atom. The Labute approximate surface area is 100.0 Å². The summed E-state index contributed by atoms with van der Waals surface area (Å²) in [7, 11) is 0. The minimum absolute atomic E-state index is 0.0313. The molecule has 2 rings (SSSR count). The lowest BCUT2D eigenvalue weighted by Crippen LogP contribution is -2.42. The molecule has 0 radical (unpaired) electrons. The molecule has 2 N–H and O–H groups in total. The predicted molar refractivity (Wildman–Crippen MR) is 67.2 cm³/mol. The van der Waals surface area contributed by atoms with Gasteiger partial charge in [0.1, 0.15) is 0 Å². The largest absolute Gasteiger partial charge is 0.348 e. The van der Waals surface area contributed by atoms with E-state index in [1.165, 1.54) is 0 Å². The van der Waals surface area contributed by atoms with Gasteiger partial charge in [0.15, 0.2) is 0 Å². The van der Waals surface area contributed by atoms with Crippen molar-refractivity contribution >= 4 is 17.7 Å². The van der Waals surface area contributed by atoms with Crippen molar-refractivity contribution in [2.75, 3.05) is 11.6 Å². The van der Waals surface area contributed by atoms with Crippen LogP contribution in [0.25, 0.3) is 0 Å². The fourth-order valence-electron chi connectivity index (χ4n) is 1.70. The van der Waals surface area contributed by atoms with Gasteiger partial charge >= 0.3 is 0 Å². The molecule has 0 spiro atoms. The van der Waals surface area contributed by atoms with Crippen LogP contribution in [0.2, 0.25) is 0 Å². The average Bonchev–Trinajstić information content (AvgIpc) is 2.83. The molecule has 16 heavy (non-hydrogen) atoms. The highest BCUT2D eigenvalue weighted by molar-refractivity contribution is 7.99. The number of rotatable bonds is 3. The van der Waals surface area contributed by atoms with E-state index in [2.05, 4.69) is 10.6 Å². The lowest BCUT2D eigenvalue weighted by atomic mass is 10.1. The molecule has 1 aromatic carbocycles. The zero-order valence-electron chi connectivity index (χ0n) is 9.27. The molecule has 0 bridgehead atoms. The summed E-state index contributed by atoms with van der Waals surface area (Å²) in [5.74, 6) is 1.84. The van der Waals surface area contributed by atoms with E-state index < -0.39 is 0 Å². The first kappa shape index (κ1) is 11.5. The Balaban J connectivity index is 1.92. The maximum atomic E-state index is 11.8. The van der Waals surface area contributed by atoms with E-state index in [-0.39, 0.29) is 18.0 Å². The number of hydrogen-bond donors (Lipinski definition) is 2. The molecule has 1 fully saturated rings. The van der Waals surface area contributed by atoms with Crippen molar-refractivity contribution in [3.05, 3.63) is 35.9 Å². The molecule has 0 saturated carbocycles. The first-order valence-electron chi connectivity index (χ1n) is 5.44. The maximum Gasteiger partial charge on any atom is 0.238 e. The molecule has 1 heterocycles. The second kappa shape index (κ2) is 5.37. The van der Waals surface area contributed by atoms with Crippen molar-refractivity contribution in [1.29, 1.82) is 0 Å². The fraction of sp³-hybridized carbons (Fsp3) is 0.417. The van der Waals surface area contributed by atoms with Crippen LogP contribution in [0.4, 0.5) is 0 Å². The maximum absolute atomic E-state index is 11.8. The Hall–Kier alpha value is -1.00. The number of amides is 1. The minimum Gasteiger partial charge on any atom is -0.348 e. The predicted octanol–water partition coefficient (Wildman–Crippen LogP) is 1.53. The van der Waals surface area contributed by atoms with Gasteiger partial charge in [-0.2, -0.15) is 0 Å². The van der Waals surface area contributed by atoms with E-state index >= 15 is 0 Å². The van der Waals surface area contributed by atoms with E-state index in [1.54, 1.807) is 11.8 Å². The van der Waals surface area contributed by atoms with Gasteiger partial charge in [-0.3, -0.25) is 10.1 Å². The van der Waals surface area contributed by atoms with Crippen LogP contribution >= 0.6 is 11.8 Å². The van der Waals surface area contributed by atoms with Gasteiger partial charge in [-0.25, -0.2) is 0 Å². The quantitative estimate of drug-likeness (QED) is 0.836. The van der Waals surface area contributed by atoms with Gasteiger partial charge in [0.05, 0.1) is 12.1 Å². The Morgan fingerprint density at radius 2 is 2.25 bits per heavy atom. The molecule has 3 nitrogen and oxygen atoms in total. The van der Waals surface area contributed by atoms with Crippen molar-refractivity contribution in [3.8, 4) is 0 Å². The third kappa shape index (κ3) is 2.77. The molecule has 1 aromatic rings. The lowest BCUT2D eigenvalue weighted by molar-refractivity contribution is -0.123. The molecule has 0 aliphatic carbocycles. The van der Waals surface area contributed by atoms with Crippen molar-refractivity contribution in [2.24, 2.45) is 0 Å². The van der Waals surface area contributed by atoms with Crippen molar-refractivity contribution in [3.63, 3.8) is 0 Å². The molecule has 1 amide bonds. The summed E-state index contributed by atoms with van der Waals surface area (Å²) in [6.45, 7) is 2.01. The average molecular weight is 236 g/mol. The Kier molecular flexibility index (Phi) is 3.85. The van der Waals surface area contributed by atoms with Gasteiger partial charge in [0, 0.05) is 11.6 Å². The standard InChI is InChI=1S/C12H16N2OS/c1-9(10-5-3-2-4-6-10)14-12(15)11-7-16-8-13-11/h2-6,9,11,13H,7-8H2,1H3,(H,14,15)/t9-,11?/m0/s1. The van der Waals surface area contributed by atoms with Crippen LogP contribution < -0.4 is 10.6 Å². The Morgan fingerprint density at radius 3 is 2.88 bits per heavy atom. The summed E-state index contributed by atoms with van der Waals surface area (Å²) >= 11 is 1.76. The van der Waals surface area contributed by atoms with Gasteiger partial charge in [0.2, 0.25) is 5.91 Å².